The summed E-state index contributed by atoms with van der Waals surface area (Å²) in [5, 5.41) is 4.10. The Morgan fingerprint density at radius 2 is 2.22 bits per heavy atom. The van der Waals surface area contributed by atoms with Crippen LogP contribution in [0.4, 0.5) is 0 Å². The summed E-state index contributed by atoms with van der Waals surface area (Å²) < 4.78 is 2.08. The standard InChI is InChI=1S/C14H12N2OS/c1-10-9-18-14(15-10)7-16-6-11(8-17)12-4-2-3-5-13(12)16/h2-6,8-9H,7H2,1H3. The summed E-state index contributed by atoms with van der Waals surface area (Å²) in [5.41, 5.74) is 2.86. The third-order valence-corrected chi connectivity index (χ3v) is 3.87. The van der Waals surface area contributed by atoms with E-state index in [0.717, 1.165) is 33.5 Å². The molecule has 2 heterocycles. The van der Waals surface area contributed by atoms with Crippen molar-refractivity contribution in [1.82, 2.24) is 9.55 Å². The molecule has 0 N–H and O–H groups in total. The van der Waals surface area contributed by atoms with Crippen molar-refractivity contribution in [1.29, 1.82) is 0 Å². The van der Waals surface area contributed by atoms with Crippen LogP contribution in [0.1, 0.15) is 21.1 Å². The number of carbonyl (C=O) groups excluding carboxylic acids is 1. The Balaban J connectivity index is 2.09. The largest absolute Gasteiger partial charge is 0.340 e. The van der Waals surface area contributed by atoms with Crippen molar-refractivity contribution in [2.24, 2.45) is 0 Å². The van der Waals surface area contributed by atoms with E-state index in [0.29, 0.717) is 6.54 Å². The van der Waals surface area contributed by atoms with Crippen molar-refractivity contribution in [2.75, 3.05) is 0 Å². The SMILES string of the molecule is Cc1csc(Cn2cc(C=O)c3ccccc32)n1. The maximum absolute atomic E-state index is 11.1. The van der Waals surface area contributed by atoms with Crippen LogP contribution < -0.4 is 0 Å². The molecule has 0 bridgehead atoms. The molecule has 1 aromatic carbocycles. The minimum Gasteiger partial charge on any atom is -0.340 e. The maximum Gasteiger partial charge on any atom is 0.152 e. The van der Waals surface area contributed by atoms with Gasteiger partial charge in [-0.2, -0.15) is 0 Å². The summed E-state index contributed by atoms with van der Waals surface area (Å²) in [4.78, 5) is 15.5. The second kappa shape index (κ2) is 4.38. The number of nitrogens with zero attached hydrogens (tertiary/aromatic N) is 2. The van der Waals surface area contributed by atoms with Crippen LogP contribution in [-0.2, 0) is 6.54 Å². The molecule has 0 spiro atoms. The highest BCUT2D eigenvalue weighted by molar-refractivity contribution is 7.09. The van der Waals surface area contributed by atoms with Crippen LogP contribution in [-0.4, -0.2) is 15.8 Å². The number of hydrogen-bond acceptors (Lipinski definition) is 3. The third-order valence-electron chi connectivity index (χ3n) is 2.92. The lowest BCUT2D eigenvalue weighted by atomic mass is 10.2. The summed E-state index contributed by atoms with van der Waals surface area (Å²) in [7, 11) is 0. The minimum absolute atomic E-state index is 0.715. The van der Waals surface area contributed by atoms with E-state index in [1.807, 2.05) is 42.8 Å². The van der Waals surface area contributed by atoms with Crippen LogP contribution in [0.25, 0.3) is 10.9 Å². The second-order valence-electron chi connectivity index (χ2n) is 4.23. The molecule has 0 aliphatic heterocycles. The van der Waals surface area contributed by atoms with Crippen molar-refractivity contribution >= 4 is 28.5 Å². The Bertz CT molecular complexity index is 711. The van der Waals surface area contributed by atoms with Gasteiger partial charge in [-0.1, -0.05) is 18.2 Å². The van der Waals surface area contributed by atoms with E-state index in [1.165, 1.54) is 0 Å². The predicted octanol–water partition coefficient (Wildman–Crippen LogP) is 3.27. The minimum atomic E-state index is 0.715. The highest BCUT2D eigenvalue weighted by atomic mass is 32.1. The zero-order valence-electron chi connectivity index (χ0n) is 9.96. The van der Waals surface area contributed by atoms with Crippen molar-refractivity contribution in [3.05, 3.63) is 52.1 Å². The van der Waals surface area contributed by atoms with Crippen LogP contribution in [0.15, 0.2) is 35.8 Å². The van der Waals surface area contributed by atoms with Gasteiger partial charge in [0.1, 0.15) is 5.01 Å². The number of hydrogen-bond donors (Lipinski definition) is 0. The van der Waals surface area contributed by atoms with Crippen LogP contribution in [0, 0.1) is 6.92 Å². The van der Waals surface area contributed by atoms with Gasteiger partial charge in [-0.05, 0) is 13.0 Å². The number of thiazole rings is 1. The Morgan fingerprint density at radius 3 is 2.94 bits per heavy atom. The fourth-order valence-electron chi connectivity index (χ4n) is 2.12. The van der Waals surface area contributed by atoms with E-state index in [2.05, 4.69) is 9.55 Å². The van der Waals surface area contributed by atoms with Gasteiger partial charge in [-0.15, -0.1) is 11.3 Å². The van der Waals surface area contributed by atoms with Crippen LogP contribution in [0.2, 0.25) is 0 Å². The number of aryl methyl sites for hydroxylation is 1. The Morgan fingerprint density at radius 1 is 1.39 bits per heavy atom. The van der Waals surface area contributed by atoms with E-state index in [4.69, 9.17) is 0 Å². The molecule has 0 unspecified atom stereocenters. The van der Waals surface area contributed by atoms with Crippen molar-refractivity contribution in [3.8, 4) is 0 Å². The molecule has 0 aliphatic carbocycles. The molecular weight excluding hydrogens is 244 g/mol. The lowest BCUT2D eigenvalue weighted by molar-refractivity contribution is 0.112. The van der Waals surface area contributed by atoms with Gasteiger partial charge in [-0.25, -0.2) is 4.98 Å². The van der Waals surface area contributed by atoms with Crippen molar-refractivity contribution in [2.45, 2.75) is 13.5 Å². The quantitative estimate of drug-likeness (QED) is 0.674. The molecule has 4 heteroatoms. The maximum atomic E-state index is 11.1. The number of aromatic nitrogens is 2. The molecule has 3 rings (SSSR count). The molecule has 0 fully saturated rings. The lowest BCUT2D eigenvalue weighted by Crippen LogP contribution is -1.97. The van der Waals surface area contributed by atoms with Gasteiger partial charge in [-0.3, -0.25) is 4.79 Å². The zero-order chi connectivity index (χ0) is 12.5. The van der Waals surface area contributed by atoms with E-state index in [1.54, 1.807) is 11.3 Å². The summed E-state index contributed by atoms with van der Waals surface area (Å²) in [6, 6.07) is 7.94. The molecular formula is C14H12N2OS. The molecule has 0 aliphatic rings. The average molecular weight is 256 g/mol. The predicted molar refractivity (Wildman–Crippen MR) is 73.3 cm³/mol. The lowest BCUT2D eigenvalue weighted by Gasteiger charge is -2.01. The molecule has 90 valence electrons. The molecule has 3 nitrogen and oxygen atoms in total. The summed E-state index contributed by atoms with van der Waals surface area (Å²) in [5.74, 6) is 0. The highest BCUT2D eigenvalue weighted by Gasteiger charge is 2.08. The fraction of sp³-hybridized carbons (Fsp3) is 0.143. The number of para-hydroxylation sites is 1. The highest BCUT2D eigenvalue weighted by Crippen LogP contribution is 2.21. The van der Waals surface area contributed by atoms with Gasteiger partial charge in [0.05, 0.1) is 6.54 Å². The van der Waals surface area contributed by atoms with Gasteiger partial charge >= 0.3 is 0 Å². The first kappa shape index (κ1) is 11.2. The molecule has 0 radical (unpaired) electrons. The summed E-state index contributed by atoms with van der Waals surface area (Å²) in [6.07, 6.45) is 2.81. The first-order valence-corrected chi connectivity index (χ1v) is 6.60. The first-order valence-electron chi connectivity index (χ1n) is 5.72. The van der Waals surface area contributed by atoms with Crippen LogP contribution in [0.5, 0.6) is 0 Å². The van der Waals surface area contributed by atoms with E-state index in [-0.39, 0.29) is 0 Å². The van der Waals surface area contributed by atoms with E-state index >= 15 is 0 Å². The molecule has 3 aromatic rings. The topological polar surface area (TPSA) is 34.9 Å². The van der Waals surface area contributed by atoms with Gasteiger partial charge in [0.15, 0.2) is 6.29 Å². The van der Waals surface area contributed by atoms with Crippen molar-refractivity contribution < 1.29 is 4.79 Å². The van der Waals surface area contributed by atoms with Crippen molar-refractivity contribution in [3.63, 3.8) is 0 Å². The number of rotatable bonds is 3. The Kier molecular flexibility index (Phi) is 2.72. The Hall–Kier alpha value is -1.94. The molecule has 0 amide bonds. The molecule has 0 saturated carbocycles. The number of benzene rings is 1. The summed E-state index contributed by atoms with van der Waals surface area (Å²) in [6.45, 7) is 2.71. The van der Waals surface area contributed by atoms with E-state index < -0.39 is 0 Å². The average Bonchev–Trinajstić information content (AvgIpc) is 2.95. The summed E-state index contributed by atoms with van der Waals surface area (Å²) >= 11 is 1.65. The van der Waals surface area contributed by atoms with Gasteiger partial charge < -0.3 is 4.57 Å². The first-order chi connectivity index (χ1) is 8.78. The second-order valence-corrected chi connectivity index (χ2v) is 5.17. The van der Waals surface area contributed by atoms with E-state index in [9.17, 15) is 4.79 Å². The molecule has 18 heavy (non-hydrogen) atoms. The fourth-order valence-corrected chi connectivity index (χ4v) is 2.89. The Labute approximate surface area is 109 Å². The van der Waals surface area contributed by atoms with Crippen LogP contribution in [0.3, 0.4) is 0 Å². The number of carbonyl (C=O) groups is 1. The third kappa shape index (κ3) is 1.84. The van der Waals surface area contributed by atoms with Gasteiger partial charge in [0, 0.05) is 33.7 Å². The molecule has 0 atom stereocenters. The zero-order valence-corrected chi connectivity index (χ0v) is 10.8. The normalized spacial score (nSPS) is 10.9. The number of aldehydes is 1. The smallest absolute Gasteiger partial charge is 0.152 e. The monoisotopic (exact) mass is 256 g/mol. The van der Waals surface area contributed by atoms with Gasteiger partial charge in [0.2, 0.25) is 0 Å². The van der Waals surface area contributed by atoms with Crippen LogP contribution >= 0.6 is 11.3 Å². The number of fused-ring (bicyclic) bond motifs is 1. The van der Waals surface area contributed by atoms with Gasteiger partial charge in [0.25, 0.3) is 0 Å². The molecule has 0 saturated heterocycles. The molecule has 2 aromatic heterocycles.